The number of carboxylic acids is 1. The molecule has 4 saturated carbocycles. The summed E-state index contributed by atoms with van der Waals surface area (Å²) in [5.41, 5.74) is -1.93. The molecule has 0 aliphatic heterocycles. The Bertz CT molecular complexity index is 654. The van der Waals surface area contributed by atoms with E-state index in [-0.39, 0.29) is 23.0 Å². The molecule has 132 valence electrons. The molecule has 2 N–H and O–H groups in total. The third-order valence-electron chi connectivity index (χ3n) is 8.55. The molecule has 0 amide bonds. The number of carbonyl (C=O) groups is 2. The van der Waals surface area contributed by atoms with E-state index in [1.54, 1.807) is 0 Å². The molecule has 4 fully saturated rings. The van der Waals surface area contributed by atoms with Crippen molar-refractivity contribution < 1.29 is 19.8 Å². The lowest BCUT2D eigenvalue weighted by atomic mass is 9.40. The van der Waals surface area contributed by atoms with Crippen molar-refractivity contribution in [3.8, 4) is 0 Å². The second kappa shape index (κ2) is 4.51. The van der Waals surface area contributed by atoms with Crippen LogP contribution in [-0.4, -0.2) is 27.6 Å². The molecule has 4 rings (SSSR count). The quantitative estimate of drug-likeness (QED) is 0.722. The van der Waals surface area contributed by atoms with Crippen molar-refractivity contribution in [2.45, 2.75) is 70.8 Å². The SMILES string of the molecule is C=C1C(=O)[C@@]23CC[C@H]4C(C)(CCC[C@@]4(C)C(=O)O)[C@@H]2CC[C@@]1(O)C3. The van der Waals surface area contributed by atoms with Gasteiger partial charge in [0.05, 0.1) is 11.0 Å². The van der Waals surface area contributed by atoms with E-state index in [4.69, 9.17) is 0 Å². The van der Waals surface area contributed by atoms with Crippen LogP contribution < -0.4 is 0 Å². The van der Waals surface area contributed by atoms with Crippen molar-refractivity contribution in [2.75, 3.05) is 0 Å². The monoisotopic (exact) mass is 332 g/mol. The zero-order valence-corrected chi connectivity index (χ0v) is 14.7. The smallest absolute Gasteiger partial charge is 0.309 e. The fraction of sp³-hybridized carbons (Fsp3) is 0.800. The summed E-state index contributed by atoms with van der Waals surface area (Å²) in [6.45, 7) is 8.06. The van der Waals surface area contributed by atoms with Gasteiger partial charge >= 0.3 is 5.97 Å². The molecule has 0 heterocycles. The fourth-order valence-corrected chi connectivity index (χ4v) is 7.37. The second-order valence-electron chi connectivity index (χ2n) is 9.44. The minimum atomic E-state index is -1.01. The predicted octanol–water partition coefficient (Wildman–Crippen LogP) is 3.33. The van der Waals surface area contributed by atoms with Crippen LogP contribution in [0.15, 0.2) is 12.2 Å². The first kappa shape index (κ1) is 16.3. The van der Waals surface area contributed by atoms with Crippen LogP contribution >= 0.6 is 0 Å². The van der Waals surface area contributed by atoms with Gasteiger partial charge in [-0.1, -0.05) is 19.9 Å². The maximum absolute atomic E-state index is 13.1. The minimum absolute atomic E-state index is 0.0646. The van der Waals surface area contributed by atoms with E-state index in [0.29, 0.717) is 24.8 Å². The number of hydrogen-bond donors (Lipinski definition) is 2. The highest BCUT2D eigenvalue weighted by Crippen LogP contribution is 2.71. The molecule has 0 aromatic carbocycles. The van der Waals surface area contributed by atoms with Crippen LogP contribution in [0, 0.1) is 28.1 Å². The van der Waals surface area contributed by atoms with Gasteiger partial charge in [0.2, 0.25) is 0 Å². The average molecular weight is 332 g/mol. The van der Waals surface area contributed by atoms with E-state index in [1.165, 1.54) is 0 Å². The van der Waals surface area contributed by atoms with Gasteiger partial charge in [0.1, 0.15) is 0 Å². The standard InChI is InChI=1S/C20H28O4/c1-12-15(21)19-9-5-13-17(2,7-4-8-18(13,3)16(22)23)14(19)6-10-20(12,24)11-19/h13-14,24H,1,4-11H2,2-3H3,(H,22,23)/t13-,14-,17?,18+,19+,20+/m0/s1. The van der Waals surface area contributed by atoms with Gasteiger partial charge in [-0.05, 0) is 69.1 Å². The highest BCUT2D eigenvalue weighted by Gasteiger charge is 2.70. The van der Waals surface area contributed by atoms with Crippen LogP contribution in [-0.2, 0) is 9.59 Å². The molecule has 0 aromatic rings. The van der Waals surface area contributed by atoms with Gasteiger partial charge in [-0.25, -0.2) is 0 Å². The van der Waals surface area contributed by atoms with Crippen molar-refractivity contribution >= 4 is 11.8 Å². The van der Waals surface area contributed by atoms with Crippen LogP contribution in [0.5, 0.6) is 0 Å². The molecule has 1 unspecified atom stereocenters. The molecule has 4 heteroatoms. The topological polar surface area (TPSA) is 74.6 Å². The van der Waals surface area contributed by atoms with Crippen LogP contribution in [0.2, 0.25) is 0 Å². The summed E-state index contributed by atoms with van der Waals surface area (Å²) in [6.07, 6.45) is 6.01. The lowest BCUT2D eigenvalue weighted by Crippen LogP contribution is -2.60. The Kier molecular flexibility index (Phi) is 3.07. The molecular weight excluding hydrogens is 304 g/mol. The number of Topliss-reactive ketones (excluding diaryl/α,β-unsaturated/α-hetero) is 1. The molecule has 24 heavy (non-hydrogen) atoms. The van der Waals surface area contributed by atoms with Gasteiger partial charge in [-0.15, -0.1) is 0 Å². The number of hydrogen-bond acceptors (Lipinski definition) is 3. The maximum Gasteiger partial charge on any atom is 0.309 e. The summed E-state index contributed by atoms with van der Waals surface area (Å²) in [6, 6.07) is 0. The van der Waals surface area contributed by atoms with Gasteiger partial charge in [0, 0.05) is 11.0 Å². The average Bonchev–Trinajstić information content (AvgIpc) is 2.64. The van der Waals surface area contributed by atoms with Crippen molar-refractivity contribution in [2.24, 2.45) is 28.1 Å². The lowest BCUT2D eigenvalue weighted by Gasteiger charge is -2.62. The number of rotatable bonds is 1. The van der Waals surface area contributed by atoms with E-state index in [2.05, 4.69) is 13.5 Å². The number of carbonyl (C=O) groups excluding carboxylic acids is 1. The molecule has 6 atom stereocenters. The zero-order chi connectivity index (χ0) is 17.5. The summed E-state index contributed by atoms with van der Waals surface area (Å²) in [4.78, 5) is 25.1. The third-order valence-corrected chi connectivity index (χ3v) is 8.55. The van der Waals surface area contributed by atoms with Gasteiger partial charge in [-0.2, -0.15) is 0 Å². The zero-order valence-electron chi connectivity index (χ0n) is 14.7. The minimum Gasteiger partial charge on any atom is -0.481 e. The highest BCUT2D eigenvalue weighted by molar-refractivity contribution is 6.04. The van der Waals surface area contributed by atoms with Crippen LogP contribution in [0.25, 0.3) is 0 Å². The molecule has 4 aliphatic rings. The van der Waals surface area contributed by atoms with Crippen LogP contribution in [0.4, 0.5) is 0 Å². The lowest BCUT2D eigenvalue weighted by molar-refractivity contribution is -0.187. The fourth-order valence-electron chi connectivity index (χ4n) is 7.37. The van der Waals surface area contributed by atoms with Gasteiger partial charge < -0.3 is 10.2 Å². The van der Waals surface area contributed by atoms with Crippen LogP contribution in [0.3, 0.4) is 0 Å². The predicted molar refractivity (Wildman–Crippen MR) is 89.3 cm³/mol. The molecule has 1 spiro atoms. The Balaban J connectivity index is 1.80. The summed E-state index contributed by atoms with van der Waals surface area (Å²) >= 11 is 0. The van der Waals surface area contributed by atoms with E-state index < -0.39 is 22.4 Å². The second-order valence-corrected chi connectivity index (χ2v) is 9.44. The number of aliphatic carboxylic acids is 1. The van der Waals surface area contributed by atoms with Crippen molar-refractivity contribution in [1.29, 1.82) is 0 Å². The molecule has 0 radical (unpaired) electrons. The summed E-state index contributed by atoms with van der Waals surface area (Å²) in [5.74, 6) is -0.340. The molecule has 4 nitrogen and oxygen atoms in total. The largest absolute Gasteiger partial charge is 0.481 e. The number of carboxylic acid groups (broad SMARTS) is 1. The van der Waals surface area contributed by atoms with Crippen molar-refractivity contribution in [1.82, 2.24) is 0 Å². The van der Waals surface area contributed by atoms with E-state index in [9.17, 15) is 19.8 Å². The Hall–Kier alpha value is -1.16. The molecule has 4 aliphatic carbocycles. The van der Waals surface area contributed by atoms with E-state index in [1.807, 2.05) is 6.92 Å². The van der Waals surface area contributed by atoms with E-state index in [0.717, 1.165) is 32.1 Å². The third kappa shape index (κ3) is 1.63. The van der Waals surface area contributed by atoms with Gasteiger partial charge in [0.25, 0.3) is 0 Å². The first-order valence-corrected chi connectivity index (χ1v) is 9.30. The Labute approximate surface area is 143 Å². The molecule has 0 saturated heterocycles. The van der Waals surface area contributed by atoms with Crippen molar-refractivity contribution in [3.05, 3.63) is 12.2 Å². The number of aliphatic hydroxyl groups is 1. The normalized spacial score (nSPS) is 53.5. The summed E-state index contributed by atoms with van der Waals surface area (Å²) < 4.78 is 0. The Morgan fingerprint density at radius 1 is 1.12 bits per heavy atom. The Morgan fingerprint density at radius 3 is 2.46 bits per heavy atom. The van der Waals surface area contributed by atoms with E-state index >= 15 is 0 Å². The van der Waals surface area contributed by atoms with Gasteiger partial charge in [-0.3, -0.25) is 9.59 Å². The first-order valence-electron chi connectivity index (χ1n) is 9.30. The summed E-state index contributed by atoms with van der Waals surface area (Å²) in [7, 11) is 0. The Morgan fingerprint density at radius 2 is 1.79 bits per heavy atom. The number of fused-ring (bicyclic) bond motifs is 3. The van der Waals surface area contributed by atoms with Gasteiger partial charge in [0.15, 0.2) is 5.78 Å². The highest BCUT2D eigenvalue weighted by atomic mass is 16.4. The summed E-state index contributed by atoms with van der Waals surface area (Å²) in [5, 5.41) is 20.7. The first-order chi connectivity index (χ1) is 11.1. The maximum atomic E-state index is 13.1. The number of ketones is 1. The molecule has 0 aromatic heterocycles. The molecular formula is C20H28O4. The molecule has 2 bridgehead atoms. The van der Waals surface area contributed by atoms with Crippen molar-refractivity contribution in [3.63, 3.8) is 0 Å². The van der Waals surface area contributed by atoms with Crippen LogP contribution in [0.1, 0.15) is 65.2 Å².